The van der Waals surface area contributed by atoms with Gasteiger partial charge >= 0.3 is 0 Å². The number of nitro groups is 1. The molecule has 0 aliphatic rings. The van der Waals surface area contributed by atoms with Gasteiger partial charge in [0.25, 0.3) is 5.69 Å². The Labute approximate surface area is 96.0 Å². The molecule has 0 fully saturated rings. The Morgan fingerprint density at radius 1 is 1.41 bits per heavy atom. The van der Waals surface area contributed by atoms with E-state index in [0.29, 0.717) is 11.4 Å². The van der Waals surface area contributed by atoms with E-state index in [9.17, 15) is 10.1 Å². The van der Waals surface area contributed by atoms with Crippen molar-refractivity contribution in [1.29, 1.82) is 0 Å². The van der Waals surface area contributed by atoms with Crippen LogP contribution < -0.4 is 11.5 Å². The van der Waals surface area contributed by atoms with Gasteiger partial charge in [-0.2, -0.15) is 4.98 Å². The van der Waals surface area contributed by atoms with Gasteiger partial charge in [-0.1, -0.05) is 0 Å². The van der Waals surface area contributed by atoms with Gasteiger partial charge in [0.05, 0.1) is 4.92 Å². The highest BCUT2D eigenvalue weighted by atomic mass is 16.6. The lowest BCUT2D eigenvalue weighted by Gasteiger charge is -1.99. The largest absolute Gasteiger partial charge is 0.393 e. The highest BCUT2D eigenvalue weighted by molar-refractivity contribution is 5.68. The molecule has 2 rings (SSSR count). The quantitative estimate of drug-likeness (QED) is 0.444. The first-order valence-electron chi connectivity index (χ1n) is 4.70. The summed E-state index contributed by atoms with van der Waals surface area (Å²) < 4.78 is 1.39. The molecule has 0 bridgehead atoms. The Morgan fingerprint density at radius 3 is 2.65 bits per heavy atom. The van der Waals surface area contributed by atoms with Gasteiger partial charge in [0.1, 0.15) is 5.69 Å². The third-order valence-corrected chi connectivity index (χ3v) is 2.28. The van der Waals surface area contributed by atoms with Crippen molar-refractivity contribution >= 4 is 17.3 Å². The van der Waals surface area contributed by atoms with Crippen molar-refractivity contribution in [2.24, 2.45) is 7.05 Å². The molecule has 88 valence electrons. The number of hydrogen-bond donors (Lipinski definition) is 2. The van der Waals surface area contributed by atoms with Crippen LogP contribution in [0.2, 0.25) is 0 Å². The van der Waals surface area contributed by atoms with Gasteiger partial charge in [0.2, 0.25) is 5.95 Å². The maximum absolute atomic E-state index is 10.7. The molecule has 0 aliphatic carbocycles. The minimum Gasteiger partial charge on any atom is -0.393 e. The first kappa shape index (κ1) is 10.9. The van der Waals surface area contributed by atoms with Crippen LogP contribution >= 0.6 is 0 Å². The highest BCUT2D eigenvalue weighted by Crippen LogP contribution is 2.27. The van der Waals surface area contributed by atoms with E-state index in [2.05, 4.69) is 10.1 Å². The van der Waals surface area contributed by atoms with Crippen molar-refractivity contribution in [2.45, 2.75) is 0 Å². The Hall–Kier alpha value is -2.64. The average molecular weight is 234 g/mol. The van der Waals surface area contributed by atoms with Crippen LogP contribution in [-0.2, 0) is 7.05 Å². The number of nitrogens with zero attached hydrogens (tertiary/aromatic N) is 4. The summed E-state index contributed by atoms with van der Waals surface area (Å²) in [4.78, 5) is 14.2. The fourth-order valence-corrected chi connectivity index (χ4v) is 1.36. The molecule has 0 amide bonds. The summed E-state index contributed by atoms with van der Waals surface area (Å²) in [5.74, 6) is 0.563. The lowest BCUT2D eigenvalue weighted by molar-refractivity contribution is -0.383. The number of nitrogens with two attached hydrogens (primary N) is 2. The van der Waals surface area contributed by atoms with Gasteiger partial charge < -0.3 is 11.5 Å². The van der Waals surface area contributed by atoms with Crippen LogP contribution in [0.3, 0.4) is 0 Å². The van der Waals surface area contributed by atoms with E-state index in [1.54, 1.807) is 13.1 Å². The van der Waals surface area contributed by atoms with Crippen molar-refractivity contribution < 1.29 is 4.92 Å². The van der Waals surface area contributed by atoms with Crippen molar-refractivity contribution in [2.75, 3.05) is 11.5 Å². The third kappa shape index (κ3) is 1.87. The standard InChI is InChI=1S/C9H10N6O2/c1-14-9(11)12-8(13-14)5-2-3-6(10)7(4-5)15(16)17/h2-4H,10H2,1H3,(H2,11,12,13). The molecule has 0 atom stereocenters. The number of nitrogen functional groups attached to an aromatic ring is 2. The topological polar surface area (TPSA) is 126 Å². The van der Waals surface area contributed by atoms with Crippen LogP contribution in [-0.4, -0.2) is 19.7 Å². The fourth-order valence-electron chi connectivity index (χ4n) is 1.36. The molecule has 0 radical (unpaired) electrons. The summed E-state index contributed by atoms with van der Waals surface area (Å²) in [5, 5.41) is 14.8. The normalized spacial score (nSPS) is 10.4. The summed E-state index contributed by atoms with van der Waals surface area (Å²) in [6.07, 6.45) is 0. The van der Waals surface area contributed by atoms with Crippen LogP contribution in [0, 0.1) is 10.1 Å². The minimum atomic E-state index is -0.550. The summed E-state index contributed by atoms with van der Waals surface area (Å²) in [6.45, 7) is 0. The van der Waals surface area contributed by atoms with Crippen LogP contribution in [0.15, 0.2) is 18.2 Å². The zero-order valence-electron chi connectivity index (χ0n) is 8.99. The molecular formula is C9H10N6O2. The number of aryl methyl sites for hydroxylation is 1. The van der Waals surface area contributed by atoms with Crippen molar-refractivity contribution in [3.63, 3.8) is 0 Å². The SMILES string of the molecule is Cn1nc(-c2ccc(N)c([N+](=O)[O-])c2)nc1N. The van der Waals surface area contributed by atoms with E-state index in [0.717, 1.165) is 0 Å². The van der Waals surface area contributed by atoms with Gasteiger partial charge in [0, 0.05) is 18.7 Å². The lowest BCUT2D eigenvalue weighted by Crippen LogP contribution is -1.97. The molecule has 0 unspecified atom stereocenters. The molecule has 0 saturated heterocycles. The molecule has 0 spiro atoms. The van der Waals surface area contributed by atoms with Gasteiger partial charge in [-0.05, 0) is 12.1 Å². The van der Waals surface area contributed by atoms with Crippen molar-refractivity contribution in [1.82, 2.24) is 14.8 Å². The number of benzene rings is 1. The molecule has 0 aliphatic heterocycles. The van der Waals surface area contributed by atoms with Crippen molar-refractivity contribution in [3.05, 3.63) is 28.3 Å². The molecule has 4 N–H and O–H groups in total. The Kier molecular flexibility index (Phi) is 2.39. The zero-order valence-corrected chi connectivity index (χ0v) is 8.99. The van der Waals surface area contributed by atoms with E-state index in [1.165, 1.54) is 16.8 Å². The van der Waals surface area contributed by atoms with Crippen molar-refractivity contribution in [3.8, 4) is 11.4 Å². The molecule has 8 heteroatoms. The van der Waals surface area contributed by atoms with Gasteiger partial charge in [-0.3, -0.25) is 10.1 Å². The fraction of sp³-hybridized carbons (Fsp3) is 0.111. The smallest absolute Gasteiger partial charge is 0.292 e. The number of nitro benzene ring substituents is 1. The second-order valence-electron chi connectivity index (χ2n) is 3.45. The molecular weight excluding hydrogens is 224 g/mol. The van der Waals surface area contributed by atoms with Crippen LogP contribution in [0.5, 0.6) is 0 Å². The summed E-state index contributed by atoms with van der Waals surface area (Å²) >= 11 is 0. The molecule has 2 aromatic rings. The predicted molar refractivity (Wildman–Crippen MR) is 61.9 cm³/mol. The van der Waals surface area contributed by atoms with Crippen LogP contribution in [0.25, 0.3) is 11.4 Å². The summed E-state index contributed by atoms with van der Waals surface area (Å²) in [7, 11) is 1.64. The highest BCUT2D eigenvalue weighted by Gasteiger charge is 2.15. The van der Waals surface area contributed by atoms with Crippen LogP contribution in [0.1, 0.15) is 0 Å². The number of anilines is 2. The summed E-state index contributed by atoms with van der Waals surface area (Å²) in [6, 6.07) is 4.38. The number of hydrogen-bond acceptors (Lipinski definition) is 6. The first-order valence-corrected chi connectivity index (χ1v) is 4.70. The van der Waals surface area contributed by atoms with Crippen LogP contribution in [0.4, 0.5) is 17.3 Å². The van der Waals surface area contributed by atoms with E-state index in [1.807, 2.05) is 0 Å². The summed E-state index contributed by atoms with van der Waals surface area (Å²) in [5.41, 5.74) is 11.5. The second kappa shape index (κ2) is 3.74. The molecule has 1 aromatic heterocycles. The Balaban J connectivity index is 2.53. The van der Waals surface area contributed by atoms with Gasteiger partial charge in [-0.25, -0.2) is 4.68 Å². The lowest BCUT2D eigenvalue weighted by atomic mass is 10.1. The van der Waals surface area contributed by atoms with E-state index in [4.69, 9.17) is 11.5 Å². The second-order valence-corrected chi connectivity index (χ2v) is 3.45. The Bertz CT molecular complexity index is 572. The number of aromatic nitrogens is 3. The number of rotatable bonds is 2. The first-order chi connectivity index (χ1) is 7.99. The maximum atomic E-state index is 10.7. The van der Waals surface area contributed by atoms with Gasteiger partial charge in [0.15, 0.2) is 5.82 Å². The molecule has 17 heavy (non-hydrogen) atoms. The maximum Gasteiger partial charge on any atom is 0.292 e. The minimum absolute atomic E-state index is 0.0997. The average Bonchev–Trinajstić information content (AvgIpc) is 2.59. The third-order valence-electron chi connectivity index (χ3n) is 2.28. The van der Waals surface area contributed by atoms with E-state index in [-0.39, 0.29) is 17.3 Å². The molecule has 8 nitrogen and oxygen atoms in total. The molecule has 1 heterocycles. The van der Waals surface area contributed by atoms with Gasteiger partial charge in [-0.15, -0.1) is 5.10 Å². The van der Waals surface area contributed by atoms with E-state index < -0.39 is 4.92 Å². The molecule has 0 saturated carbocycles. The van der Waals surface area contributed by atoms with E-state index >= 15 is 0 Å². The predicted octanol–water partition coefficient (Wildman–Crippen LogP) is 0.555. The zero-order chi connectivity index (χ0) is 12.6. The molecule has 1 aromatic carbocycles. The monoisotopic (exact) mass is 234 g/mol. The Morgan fingerprint density at radius 2 is 2.12 bits per heavy atom.